The summed E-state index contributed by atoms with van der Waals surface area (Å²) >= 11 is 0. The van der Waals surface area contributed by atoms with Crippen LogP contribution in [0.15, 0.2) is 48.5 Å². The third-order valence-corrected chi connectivity index (χ3v) is 2.92. The average molecular weight is 256 g/mol. The summed E-state index contributed by atoms with van der Waals surface area (Å²) in [5.74, 6) is 0.831. The molecule has 0 bridgehead atoms. The second kappa shape index (κ2) is 6.05. The van der Waals surface area contributed by atoms with Crippen LogP contribution in [0.5, 0.6) is 11.5 Å². The number of carbonyl (C=O) groups excluding carboxylic acids is 1. The van der Waals surface area contributed by atoms with E-state index >= 15 is 0 Å². The first kappa shape index (κ1) is 13.1. The van der Waals surface area contributed by atoms with Gasteiger partial charge in [0.2, 0.25) is 0 Å². The fraction of sp³-hybridized carbons (Fsp3) is 0.188. The highest BCUT2D eigenvalue weighted by molar-refractivity contribution is 5.83. The van der Waals surface area contributed by atoms with E-state index in [-0.39, 0.29) is 18.0 Å². The van der Waals surface area contributed by atoms with Crippen LogP contribution in [0.2, 0.25) is 0 Å². The van der Waals surface area contributed by atoms with Crippen molar-refractivity contribution < 1.29 is 14.6 Å². The average Bonchev–Trinajstić information content (AvgIpc) is 2.42. The van der Waals surface area contributed by atoms with Crippen LogP contribution in [0.25, 0.3) is 0 Å². The Morgan fingerprint density at radius 2 is 1.84 bits per heavy atom. The molecule has 0 aromatic heterocycles. The monoisotopic (exact) mass is 256 g/mol. The van der Waals surface area contributed by atoms with Crippen molar-refractivity contribution in [2.24, 2.45) is 0 Å². The van der Waals surface area contributed by atoms with Gasteiger partial charge >= 0.3 is 0 Å². The Bertz CT molecular complexity index is 561. The Balaban J connectivity index is 2.06. The highest BCUT2D eigenvalue weighted by atomic mass is 16.5. The molecule has 0 fully saturated rings. The third kappa shape index (κ3) is 3.58. The molecule has 0 aliphatic heterocycles. The molecule has 3 heteroatoms. The molecule has 0 aliphatic rings. The number of hydrogen-bond donors (Lipinski definition) is 1. The first-order valence-electron chi connectivity index (χ1n) is 6.10. The predicted molar refractivity (Wildman–Crippen MR) is 73.5 cm³/mol. The number of methoxy groups -OCH3 is 1. The van der Waals surface area contributed by atoms with Crippen molar-refractivity contribution in [3.63, 3.8) is 0 Å². The topological polar surface area (TPSA) is 46.5 Å². The maximum Gasteiger partial charge on any atom is 0.141 e. The Hall–Kier alpha value is -2.29. The number of ketones is 1. The van der Waals surface area contributed by atoms with E-state index in [1.165, 1.54) is 0 Å². The zero-order chi connectivity index (χ0) is 13.7. The molecule has 0 amide bonds. The highest BCUT2D eigenvalue weighted by Crippen LogP contribution is 2.23. The van der Waals surface area contributed by atoms with E-state index in [1.54, 1.807) is 25.3 Å². The van der Waals surface area contributed by atoms with E-state index in [0.717, 1.165) is 5.56 Å². The van der Waals surface area contributed by atoms with Crippen LogP contribution in [0.4, 0.5) is 0 Å². The van der Waals surface area contributed by atoms with Crippen LogP contribution in [0, 0.1) is 0 Å². The first-order valence-corrected chi connectivity index (χ1v) is 6.10. The van der Waals surface area contributed by atoms with Gasteiger partial charge in [0.1, 0.15) is 17.3 Å². The van der Waals surface area contributed by atoms with Gasteiger partial charge in [-0.1, -0.05) is 30.3 Å². The number of phenols is 1. The van der Waals surface area contributed by atoms with Crippen molar-refractivity contribution in [2.45, 2.75) is 12.8 Å². The molecule has 0 atom stereocenters. The van der Waals surface area contributed by atoms with Gasteiger partial charge in [0, 0.05) is 18.4 Å². The van der Waals surface area contributed by atoms with E-state index in [2.05, 4.69) is 0 Å². The highest BCUT2D eigenvalue weighted by Gasteiger charge is 2.09. The molecule has 2 rings (SSSR count). The first-order chi connectivity index (χ1) is 9.19. The largest absolute Gasteiger partial charge is 0.508 e. The van der Waals surface area contributed by atoms with Gasteiger partial charge in [-0.25, -0.2) is 0 Å². The Morgan fingerprint density at radius 3 is 2.53 bits per heavy atom. The normalized spacial score (nSPS) is 10.2. The van der Waals surface area contributed by atoms with Gasteiger partial charge in [-0.2, -0.15) is 0 Å². The standard InChI is InChI=1S/C16H16O3/c1-19-15-7-8-16(18)13(11-15)10-14(17)9-12-5-3-2-4-6-12/h2-8,11,18H,9-10H2,1H3. The molecule has 0 radical (unpaired) electrons. The molecule has 0 saturated heterocycles. The van der Waals surface area contributed by atoms with Gasteiger partial charge < -0.3 is 9.84 Å². The number of Topliss-reactive ketones (excluding diaryl/α,β-unsaturated/α-hetero) is 1. The van der Waals surface area contributed by atoms with Crippen molar-refractivity contribution in [1.82, 2.24) is 0 Å². The minimum atomic E-state index is 0.0646. The molecule has 2 aromatic carbocycles. The molecule has 0 saturated carbocycles. The van der Waals surface area contributed by atoms with Crippen LogP contribution in [-0.4, -0.2) is 18.0 Å². The van der Waals surface area contributed by atoms with Crippen LogP contribution >= 0.6 is 0 Å². The zero-order valence-corrected chi connectivity index (χ0v) is 10.8. The molecule has 2 aromatic rings. The Morgan fingerprint density at radius 1 is 1.11 bits per heavy atom. The van der Waals surface area contributed by atoms with Crippen LogP contribution in [0.1, 0.15) is 11.1 Å². The number of ether oxygens (including phenoxy) is 1. The maximum absolute atomic E-state index is 12.0. The summed E-state index contributed by atoms with van der Waals surface area (Å²) in [6, 6.07) is 14.5. The lowest BCUT2D eigenvalue weighted by atomic mass is 10.0. The molecule has 0 heterocycles. The summed E-state index contributed by atoms with van der Waals surface area (Å²) in [4.78, 5) is 12.0. The van der Waals surface area contributed by atoms with Crippen molar-refractivity contribution in [3.05, 3.63) is 59.7 Å². The van der Waals surface area contributed by atoms with Gasteiger partial charge in [0.05, 0.1) is 7.11 Å². The van der Waals surface area contributed by atoms with Crippen LogP contribution in [0.3, 0.4) is 0 Å². The summed E-state index contributed by atoms with van der Waals surface area (Å²) in [6.07, 6.45) is 0.579. The number of hydrogen-bond acceptors (Lipinski definition) is 3. The number of carbonyl (C=O) groups is 1. The van der Waals surface area contributed by atoms with Gasteiger partial charge in [0.25, 0.3) is 0 Å². The van der Waals surface area contributed by atoms with Crippen LogP contribution < -0.4 is 4.74 Å². The lowest BCUT2D eigenvalue weighted by molar-refractivity contribution is -0.117. The van der Waals surface area contributed by atoms with E-state index in [0.29, 0.717) is 17.7 Å². The molecule has 1 N–H and O–H groups in total. The fourth-order valence-electron chi connectivity index (χ4n) is 1.93. The SMILES string of the molecule is COc1ccc(O)c(CC(=O)Cc2ccccc2)c1. The van der Waals surface area contributed by atoms with Gasteiger partial charge in [-0.3, -0.25) is 4.79 Å². The molecule has 0 spiro atoms. The number of benzene rings is 2. The zero-order valence-electron chi connectivity index (χ0n) is 10.8. The minimum Gasteiger partial charge on any atom is -0.508 e. The van der Waals surface area contributed by atoms with Gasteiger partial charge in [-0.05, 0) is 23.8 Å². The fourth-order valence-corrected chi connectivity index (χ4v) is 1.93. The molecule has 98 valence electrons. The predicted octanol–water partition coefficient (Wildman–Crippen LogP) is 2.76. The minimum absolute atomic E-state index is 0.0646. The molecule has 0 unspecified atom stereocenters. The van der Waals surface area contributed by atoms with E-state index in [4.69, 9.17) is 4.74 Å². The molecular formula is C16H16O3. The molecule has 19 heavy (non-hydrogen) atoms. The molecule has 0 aliphatic carbocycles. The third-order valence-electron chi connectivity index (χ3n) is 2.92. The second-order valence-corrected chi connectivity index (χ2v) is 4.37. The van der Waals surface area contributed by atoms with Crippen molar-refractivity contribution in [2.75, 3.05) is 7.11 Å². The number of phenolic OH excluding ortho intramolecular Hbond substituents is 1. The van der Waals surface area contributed by atoms with Crippen molar-refractivity contribution >= 4 is 5.78 Å². The maximum atomic E-state index is 12.0. The molecule has 3 nitrogen and oxygen atoms in total. The van der Waals surface area contributed by atoms with E-state index < -0.39 is 0 Å². The summed E-state index contributed by atoms with van der Waals surface area (Å²) < 4.78 is 5.09. The lowest BCUT2D eigenvalue weighted by Crippen LogP contribution is -2.06. The summed E-state index contributed by atoms with van der Waals surface area (Å²) in [5, 5.41) is 9.74. The van der Waals surface area contributed by atoms with E-state index in [9.17, 15) is 9.90 Å². The van der Waals surface area contributed by atoms with E-state index in [1.807, 2.05) is 30.3 Å². The van der Waals surface area contributed by atoms with Crippen LogP contribution in [-0.2, 0) is 17.6 Å². The number of aromatic hydroxyl groups is 1. The van der Waals surface area contributed by atoms with Crippen molar-refractivity contribution in [3.8, 4) is 11.5 Å². The Kier molecular flexibility index (Phi) is 4.18. The van der Waals surface area contributed by atoms with Gasteiger partial charge in [-0.15, -0.1) is 0 Å². The second-order valence-electron chi connectivity index (χ2n) is 4.37. The smallest absolute Gasteiger partial charge is 0.141 e. The number of rotatable bonds is 5. The van der Waals surface area contributed by atoms with Crippen molar-refractivity contribution in [1.29, 1.82) is 0 Å². The Labute approximate surface area is 112 Å². The van der Waals surface area contributed by atoms with Gasteiger partial charge in [0.15, 0.2) is 0 Å². The lowest BCUT2D eigenvalue weighted by Gasteiger charge is -2.07. The summed E-state index contributed by atoms with van der Waals surface area (Å²) in [6.45, 7) is 0. The quantitative estimate of drug-likeness (QED) is 0.894. The summed E-state index contributed by atoms with van der Waals surface area (Å²) in [5.41, 5.74) is 1.58. The molecular weight excluding hydrogens is 240 g/mol. The summed E-state index contributed by atoms with van der Waals surface area (Å²) in [7, 11) is 1.56.